The van der Waals surface area contributed by atoms with Crippen molar-refractivity contribution < 1.29 is 13.2 Å². The lowest BCUT2D eigenvalue weighted by Crippen LogP contribution is -2.27. The zero-order chi connectivity index (χ0) is 14.0. The van der Waals surface area contributed by atoms with Crippen molar-refractivity contribution in [3.8, 4) is 0 Å². The van der Waals surface area contributed by atoms with Crippen LogP contribution in [0.4, 0.5) is 13.2 Å². The summed E-state index contributed by atoms with van der Waals surface area (Å²) in [7, 11) is 0. The summed E-state index contributed by atoms with van der Waals surface area (Å²) in [5.41, 5.74) is 2.55. The maximum Gasteiger partial charge on any atom is 0.443 e. The van der Waals surface area contributed by atoms with Crippen LogP contribution in [0.3, 0.4) is 0 Å². The third-order valence-corrected chi connectivity index (χ3v) is 4.93. The molecule has 0 saturated carbocycles. The minimum Gasteiger partial charge on any atom is -0.271 e. The van der Waals surface area contributed by atoms with Gasteiger partial charge in [0.25, 0.3) is 0 Å². The highest BCUT2D eigenvalue weighted by Crippen LogP contribution is 2.37. The van der Waals surface area contributed by atoms with Gasteiger partial charge in [-0.3, -0.25) is 5.84 Å². The van der Waals surface area contributed by atoms with Crippen LogP contribution >= 0.6 is 22.7 Å². The van der Waals surface area contributed by atoms with E-state index in [1.54, 1.807) is 0 Å². The zero-order valence-corrected chi connectivity index (χ0v) is 11.6. The van der Waals surface area contributed by atoms with E-state index in [1.807, 2.05) is 19.1 Å². The molecule has 2 aromatic heterocycles. The Balaban J connectivity index is 2.29. The minimum atomic E-state index is -4.41. The standard InChI is InChI=1S/C11H12F3N3S2/c1-2-6-3-4-7(18-6)9(17-15)8-5-16-10(19-8)11(12,13)14/h3-5,9,17H,2,15H2,1H3. The molecule has 0 aliphatic heterocycles. The van der Waals surface area contributed by atoms with Gasteiger partial charge in [0.1, 0.15) is 0 Å². The molecule has 19 heavy (non-hydrogen) atoms. The Morgan fingerprint density at radius 3 is 2.53 bits per heavy atom. The van der Waals surface area contributed by atoms with Gasteiger partial charge in [-0.05, 0) is 18.6 Å². The number of nitrogens with one attached hydrogen (secondary N) is 1. The number of alkyl halides is 3. The molecule has 8 heteroatoms. The van der Waals surface area contributed by atoms with Crippen LogP contribution in [-0.4, -0.2) is 4.98 Å². The Labute approximate surface area is 116 Å². The molecule has 0 bridgehead atoms. The van der Waals surface area contributed by atoms with E-state index in [2.05, 4.69) is 10.4 Å². The molecule has 2 aromatic rings. The summed E-state index contributed by atoms with van der Waals surface area (Å²) in [4.78, 5) is 5.92. The minimum absolute atomic E-state index is 0.445. The molecule has 0 radical (unpaired) electrons. The van der Waals surface area contributed by atoms with E-state index in [-0.39, 0.29) is 0 Å². The fraction of sp³-hybridized carbons (Fsp3) is 0.364. The topological polar surface area (TPSA) is 50.9 Å². The number of hydrazine groups is 1. The fourth-order valence-corrected chi connectivity index (χ4v) is 3.56. The van der Waals surface area contributed by atoms with Crippen LogP contribution in [0, 0.1) is 0 Å². The summed E-state index contributed by atoms with van der Waals surface area (Å²) in [6.45, 7) is 2.02. The number of rotatable bonds is 4. The molecule has 0 fully saturated rings. The third kappa shape index (κ3) is 3.14. The van der Waals surface area contributed by atoms with Crippen molar-refractivity contribution in [2.45, 2.75) is 25.6 Å². The van der Waals surface area contributed by atoms with Gasteiger partial charge in [0.2, 0.25) is 0 Å². The van der Waals surface area contributed by atoms with Crippen LogP contribution in [0.5, 0.6) is 0 Å². The number of hydrogen-bond donors (Lipinski definition) is 2. The first-order valence-corrected chi connectivity index (χ1v) is 7.16. The predicted octanol–water partition coefficient (Wildman–Crippen LogP) is 3.34. The number of nitrogens with zero attached hydrogens (tertiary/aromatic N) is 1. The first-order chi connectivity index (χ1) is 8.95. The van der Waals surface area contributed by atoms with Crippen molar-refractivity contribution in [3.63, 3.8) is 0 Å². The highest BCUT2D eigenvalue weighted by molar-refractivity contribution is 7.13. The second-order valence-corrected chi connectivity index (χ2v) is 6.08. The molecule has 1 atom stereocenters. The number of aromatic nitrogens is 1. The van der Waals surface area contributed by atoms with E-state index in [0.29, 0.717) is 16.2 Å². The van der Waals surface area contributed by atoms with Crippen molar-refractivity contribution in [2.24, 2.45) is 5.84 Å². The van der Waals surface area contributed by atoms with E-state index in [4.69, 9.17) is 5.84 Å². The summed E-state index contributed by atoms with van der Waals surface area (Å²) in [5, 5.41) is -0.852. The number of nitrogens with two attached hydrogens (primary N) is 1. The van der Waals surface area contributed by atoms with Gasteiger partial charge in [0.05, 0.1) is 6.04 Å². The lowest BCUT2D eigenvalue weighted by atomic mass is 10.2. The van der Waals surface area contributed by atoms with Crippen LogP contribution < -0.4 is 11.3 Å². The molecule has 2 rings (SSSR count). The average Bonchev–Trinajstić information content (AvgIpc) is 2.98. The lowest BCUT2D eigenvalue weighted by molar-refractivity contribution is -0.137. The van der Waals surface area contributed by atoms with E-state index in [1.165, 1.54) is 17.5 Å². The number of aryl methyl sites for hydroxylation is 1. The Hall–Kier alpha value is -0.960. The number of thiophene rings is 1. The number of hydrogen-bond acceptors (Lipinski definition) is 5. The van der Waals surface area contributed by atoms with E-state index < -0.39 is 17.2 Å². The van der Waals surface area contributed by atoms with E-state index in [0.717, 1.165) is 16.2 Å². The predicted molar refractivity (Wildman–Crippen MR) is 70.0 cm³/mol. The number of thiazole rings is 1. The third-order valence-electron chi connectivity index (χ3n) is 2.53. The molecule has 0 spiro atoms. The monoisotopic (exact) mass is 307 g/mol. The van der Waals surface area contributed by atoms with Crippen molar-refractivity contribution in [2.75, 3.05) is 0 Å². The van der Waals surface area contributed by atoms with Gasteiger partial charge in [0, 0.05) is 20.8 Å². The first-order valence-electron chi connectivity index (χ1n) is 5.53. The summed E-state index contributed by atoms with van der Waals surface area (Å²) < 4.78 is 37.6. The van der Waals surface area contributed by atoms with Crippen molar-refractivity contribution in [1.82, 2.24) is 10.4 Å². The molecule has 0 aliphatic rings. The molecule has 0 saturated heterocycles. The SMILES string of the molecule is CCc1ccc(C(NN)c2cnc(C(F)(F)F)s2)s1. The van der Waals surface area contributed by atoms with Crippen LogP contribution in [0.15, 0.2) is 18.3 Å². The second kappa shape index (κ2) is 5.58. The smallest absolute Gasteiger partial charge is 0.271 e. The maximum atomic E-state index is 12.5. The van der Waals surface area contributed by atoms with Crippen molar-refractivity contribution in [1.29, 1.82) is 0 Å². The molecule has 104 valence electrons. The molecule has 0 aliphatic carbocycles. The lowest BCUT2D eigenvalue weighted by Gasteiger charge is -2.11. The second-order valence-electron chi connectivity index (χ2n) is 3.82. The van der Waals surface area contributed by atoms with Crippen LogP contribution in [0.25, 0.3) is 0 Å². The molecule has 0 amide bonds. The normalized spacial score (nSPS) is 13.7. The molecular weight excluding hydrogens is 295 g/mol. The Bertz CT molecular complexity index is 547. The summed E-state index contributed by atoms with van der Waals surface area (Å²) in [6, 6.07) is 3.38. The summed E-state index contributed by atoms with van der Waals surface area (Å²) >= 11 is 2.14. The van der Waals surface area contributed by atoms with Gasteiger partial charge in [-0.15, -0.1) is 22.7 Å². The fourth-order valence-electron chi connectivity index (χ4n) is 1.60. The Morgan fingerprint density at radius 1 is 1.32 bits per heavy atom. The van der Waals surface area contributed by atoms with Gasteiger partial charge < -0.3 is 0 Å². The van der Waals surface area contributed by atoms with Gasteiger partial charge in [-0.2, -0.15) is 13.2 Å². The van der Waals surface area contributed by atoms with Gasteiger partial charge in [0.15, 0.2) is 5.01 Å². The van der Waals surface area contributed by atoms with Gasteiger partial charge >= 0.3 is 6.18 Å². The van der Waals surface area contributed by atoms with Gasteiger partial charge in [-0.25, -0.2) is 10.4 Å². The van der Waals surface area contributed by atoms with Crippen molar-refractivity contribution >= 4 is 22.7 Å². The van der Waals surface area contributed by atoms with Crippen LogP contribution in [0.2, 0.25) is 0 Å². The molecule has 0 aromatic carbocycles. The zero-order valence-electron chi connectivity index (χ0n) is 9.99. The molecular formula is C11H12F3N3S2. The molecule has 3 nitrogen and oxygen atoms in total. The van der Waals surface area contributed by atoms with Gasteiger partial charge in [-0.1, -0.05) is 6.92 Å². The van der Waals surface area contributed by atoms with Crippen LogP contribution in [0.1, 0.15) is 32.6 Å². The van der Waals surface area contributed by atoms with Crippen molar-refractivity contribution in [3.05, 3.63) is 38.0 Å². The highest BCUT2D eigenvalue weighted by atomic mass is 32.1. The first kappa shape index (κ1) is 14.4. The largest absolute Gasteiger partial charge is 0.443 e. The Kier molecular flexibility index (Phi) is 4.24. The van der Waals surface area contributed by atoms with E-state index in [9.17, 15) is 13.2 Å². The molecule has 1 unspecified atom stereocenters. The average molecular weight is 307 g/mol. The quantitative estimate of drug-likeness (QED) is 0.673. The molecule has 2 heterocycles. The highest BCUT2D eigenvalue weighted by Gasteiger charge is 2.35. The molecule has 3 N–H and O–H groups in total. The van der Waals surface area contributed by atoms with Crippen LogP contribution in [-0.2, 0) is 12.6 Å². The maximum absolute atomic E-state index is 12.5. The summed E-state index contributed by atoms with van der Waals surface area (Å²) in [6.07, 6.45) is -2.30. The number of halogens is 3. The summed E-state index contributed by atoms with van der Waals surface area (Å²) in [5.74, 6) is 5.46. The Morgan fingerprint density at radius 2 is 2.05 bits per heavy atom. The van der Waals surface area contributed by atoms with E-state index >= 15 is 0 Å².